The van der Waals surface area contributed by atoms with Crippen molar-refractivity contribution >= 4 is 11.1 Å². The highest BCUT2D eigenvalue weighted by molar-refractivity contribution is 5.95. The van der Waals surface area contributed by atoms with Crippen LogP contribution in [0.3, 0.4) is 0 Å². The van der Waals surface area contributed by atoms with E-state index in [-0.39, 0.29) is 29.2 Å². The molecule has 6 heteroatoms. The normalized spacial score (nSPS) is 22.4. The summed E-state index contributed by atoms with van der Waals surface area (Å²) in [7, 11) is 1.79. The number of methoxy groups -OCH3 is 1. The quantitative estimate of drug-likeness (QED) is 0.411. The molecule has 2 aliphatic heterocycles. The van der Waals surface area contributed by atoms with Gasteiger partial charge in [-0.05, 0) is 86.4 Å². The highest BCUT2D eigenvalue weighted by Gasteiger charge is 2.36. The standard InChI is InChI=1S/C31H35NO5/c1-20(32-15-14-31(3,19-32)35-4)18-36-26-11-8-22(9-12-26)30-29(23-6-5-7-24(33)16-23)21(2)27-17-25(34)10-13-28(27)37-30/h5-13,16-17,20,30,33-34H,14-15,18-19H2,1-4H3/t20-,30?,31-/m0/s1. The Morgan fingerprint density at radius 2 is 1.81 bits per heavy atom. The summed E-state index contributed by atoms with van der Waals surface area (Å²) in [5, 5.41) is 20.2. The van der Waals surface area contributed by atoms with Crippen LogP contribution in [0.25, 0.3) is 11.1 Å². The maximum absolute atomic E-state index is 10.2. The lowest BCUT2D eigenvalue weighted by Crippen LogP contribution is -2.39. The molecule has 2 N–H and O–H groups in total. The molecule has 2 heterocycles. The Kier molecular flexibility index (Phi) is 6.88. The topological polar surface area (TPSA) is 71.4 Å². The Balaban J connectivity index is 1.37. The van der Waals surface area contributed by atoms with Gasteiger partial charge in [0.2, 0.25) is 0 Å². The predicted octanol–water partition coefficient (Wildman–Crippen LogP) is 6.04. The van der Waals surface area contributed by atoms with E-state index in [0.29, 0.717) is 12.4 Å². The van der Waals surface area contributed by atoms with Crippen LogP contribution in [-0.2, 0) is 4.74 Å². The minimum absolute atomic E-state index is 0.0772. The molecule has 0 aromatic heterocycles. The first-order chi connectivity index (χ1) is 17.8. The van der Waals surface area contributed by atoms with E-state index < -0.39 is 0 Å². The van der Waals surface area contributed by atoms with Crippen molar-refractivity contribution in [1.29, 1.82) is 0 Å². The minimum atomic E-state index is -0.372. The van der Waals surface area contributed by atoms with Crippen LogP contribution >= 0.6 is 0 Å². The first-order valence-corrected chi connectivity index (χ1v) is 12.8. The number of rotatable bonds is 7. The molecule has 3 aromatic rings. The summed E-state index contributed by atoms with van der Waals surface area (Å²) in [5.41, 5.74) is 4.57. The molecule has 6 nitrogen and oxygen atoms in total. The fraction of sp³-hybridized carbons (Fsp3) is 0.355. The fourth-order valence-electron chi connectivity index (χ4n) is 5.29. The van der Waals surface area contributed by atoms with Gasteiger partial charge in [0.1, 0.15) is 35.7 Å². The van der Waals surface area contributed by atoms with Gasteiger partial charge in [0, 0.05) is 37.4 Å². The predicted molar refractivity (Wildman–Crippen MR) is 145 cm³/mol. The van der Waals surface area contributed by atoms with Crippen molar-refractivity contribution in [1.82, 2.24) is 4.90 Å². The number of nitrogens with zero attached hydrogens (tertiary/aromatic N) is 1. The van der Waals surface area contributed by atoms with E-state index in [1.807, 2.05) is 43.3 Å². The molecule has 0 spiro atoms. The number of aromatic hydroxyl groups is 2. The van der Waals surface area contributed by atoms with Crippen LogP contribution in [0.15, 0.2) is 66.7 Å². The molecule has 5 rings (SSSR count). The molecule has 37 heavy (non-hydrogen) atoms. The van der Waals surface area contributed by atoms with E-state index in [4.69, 9.17) is 14.2 Å². The Bertz CT molecular complexity index is 1300. The Labute approximate surface area is 218 Å². The van der Waals surface area contributed by atoms with E-state index in [2.05, 4.69) is 18.7 Å². The maximum Gasteiger partial charge on any atom is 0.150 e. The van der Waals surface area contributed by atoms with Crippen molar-refractivity contribution in [2.75, 3.05) is 26.8 Å². The van der Waals surface area contributed by atoms with Crippen LogP contribution in [0.1, 0.15) is 50.0 Å². The van der Waals surface area contributed by atoms with E-state index >= 15 is 0 Å². The molecule has 3 atom stereocenters. The van der Waals surface area contributed by atoms with E-state index in [1.165, 1.54) is 0 Å². The van der Waals surface area contributed by atoms with Gasteiger partial charge >= 0.3 is 0 Å². The smallest absolute Gasteiger partial charge is 0.150 e. The van der Waals surface area contributed by atoms with E-state index in [9.17, 15) is 10.2 Å². The van der Waals surface area contributed by atoms with E-state index in [1.54, 1.807) is 37.4 Å². The largest absolute Gasteiger partial charge is 0.508 e. The summed E-state index contributed by atoms with van der Waals surface area (Å²) in [6.45, 7) is 8.90. The second-order valence-corrected chi connectivity index (χ2v) is 10.4. The van der Waals surface area contributed by atoms with E-state index in [0.717, 1.165) is 53.1 Å². The SMILES string of the molecule is CO[C@@]1(C)CCN([C@@H](C)COc2ccc(C3Oc4ccc(O)cc4C(C)=C3c3cccc(O)c3)cc2)C1. The zero-order valence-electron chi connectivity index (χ0n) is 21.9. The average Bonchev–Trinajstić information content (AvgIpc) is 3.30. The average molecular weight is 502 g/mol. The molecular formula is C31H35NO5. The maximum atomic E-state index is 10.2. The Hall–Kier alpha value is -3.48. The Morgan fingerprint density at radius 3 is 2.51 bits per heavy atom. The molecule has 1 saturated heterocycles. The Morgan fingerprint density at radius 1 is 1.05 bits per heavy atom. The van der Waals surface area contributed by atoms with Gasteiger partial charge in [0.05, 0.1) is 5.60 Å². The molecular weight excluding hydrogens is 466 g/mol. The first-order valence-electron chi connectivity index (χ1n) is 12.8. The van der Waals surface area contributed by atoms with Gasteiger partial charge in [-0.25, -0.2) is 0 Å². The zero-order valence-corrected chi connectivity index (χ0v) is 21.9. The molecule has 0 saturated carbocycles. The first kappa shape index (κ1) is 25.2. The van der Waals surface area contributed by atoms with Crippen molar-refractivity contribution in [3.05, 3.63) is 83.4 Å². The summed E-state index contributed by atoms with van der Waals surface area (Å²) in [6.07, 6.45) is 0.657. The molecule has 1 unspecified atom stereocenters. The van der Waals surface area contributed by atoms with Crippen molar-refractivity contribution in [3.8, 4) is 23.0 Å². The highest BCUT2D eigenvalue weighted by Crippen LogP contribution is 2.47. The van der Waals surface area contributed by atoms with Crippen molar-refractivity contribution < 1.29 is 24.4 Å². The van der Waals surface area contributed by atoms with Crippen molar-refractivity contribution in [3.63, 3.8) is 0 Å². The van der Waals surface area contributed by atoms with Crippen LogP contribution in [0.4, 0.5) is 0 Å². The minimum Gasteiger partial charge on any atom is -0.508 e. The van der Waals surface area contributed by atoms with Gasteiger partial charge in [-0.1, -0.05) is 24.3 Å². The number of phenolic OH excluding ortho intramolecular Hbond substituents is 2. The third-order valence-electron chi connectivity index (χ3n) is 7.69. The number of phenols is 2. The van der Waals surface area contributed by atoms with Crippen LogP contribution in [0.5, 0.6) is 23.0 Å². The molecule has 3 aromatic carbocycles. The lowest BCUT2D eigenvalue weighted by molar-refractivity contribution is 0.00976. The monoisotopic (exact) mass is 501 g/mol. The number of benzene rings is 3. The van der Waals surface area contributed by atoms with Crippen LogP contribution in [0.2, 0.25) is 0 Å². The summed E-state index contributed by atoms with van der Waals surface area (Å²) in [6, 6.07) is 20.7. The molecule has 0 bridgehead atoms. The van der Waals surface area contributed by atoms with Gasteiger partial charge in [-0.2, -0.15) is 0 Å². The number of allylic oxidation sites excluding steroid dienone is 1. The second kappa shape index (κ2) is 10.1. The van der Waals surface area contributed by atoms with Crippen molar-refractivity contribution in [2.24, 2.45) is 0 Å². The molecule has 194 valence electrons. The zero-order chi connectivity index (χ0) is 26.2. The summed E-state index contributed by atoms with van der Waals surface area (Å²) < 4.78 is 18.3. The summed E-state index contributed by atoms with van der Waals surface area (Å²) >= 11 is 0. The number of fused-ring (bicyclic) bond motifs is 1. The number of ether oxygens (including phenoxy) is 3. The lowest BCUT2D eigenvalue weighted by atomic mass is 9.86. The summed E-state index contributed by atoms with van der Waals surface area (Å²) in [4.78, 5) is 2.41. The van der Waals surface area contributed by atoms with Gasteiger partial charge < -0.3 is 24.4 Å². The van der Waals surface area contributed by atoms with Gasteiger partial charge in [0.25, 0.3) is 0 Å². The second-order valence-electron chi connectivity index (χ2n) is 10.4. The molecule has 0 radical (unpaired) electrons. The molecule has 0 aliphatic carbocycles. The van der Waals surface area contributed by atoms with Crippen LogP contribution < -0.4 is 9.47 Å². The van der Waals surface area contributed by atoms with Gasteiger partial charge in [-0.15, -0.1) is 0 Å². The molecule has 0 amide bonds. The fourth-order valence-corrected chi connectivity index (χ4v) is 5.29. The number of hydrogen-bond acceptors (Lipinski definition) is 6. The summed E-state index contributed by atoms with van der Waals surface area (Å²) in [5.74, 6) is 1.91. The van der Waals surface area contributed by atoms with Crippen LogP contribution in [-0.4, -0.2) is 53.6 Å². The number of likely N-dealkylation sites (tertiary alicyclic amines) is 1. The third-order valence-corrected chi connectivity index (χ3v) is 7.69. The molecule has 2 aliphatic rings. The lowest BCUT2D eigenvalue weighted by Gasteiger charge is -2.31. The number of hydrogen-bond donors (Lipinski definition) is 2. The third kappa shape index (κ3) is 5.17. The van der Waals surface area contributed by atoms with Gasteiger partial charge in [-0.3, -0.25) is 4.90 Å². The van der Waals surface area contributed by atoms with Crippen LogP contribution in [0, 0.1) is 0 Å². The highest BCUT2D eigenvalue weighted by atomic mass is 16.5. The van der Waals surface area contributed by atoms with Gasteiger partial charge in [0.15, 0.2) is 0 Å². The van der Waals surface area contributed by atoms with Crippen molar-refractivity contribution in [2.45, 2.75) is 44.9 Å². The molecule has 1 fully saturated rings.